The molecule has 0 spiro atoms. The molecule has 38 heavy (non-hydrogen) atoms. The van der Waals surface area contributed by atoms with E-state index in [-0.39, 0.29) is 11.3 Å². The number of H-pyrrole nitrogens is 2. The molecule has 6 aromatic heterocycles. The summed E-state index contributed by atoms with van der Waals surface area (Å²) in [6, 6.07) is 9.60. The predicted molar refractivity (Wildman–Crippen MR) is 146 cm³/mol. The Bertz CT molecular complexity index is 1780. The van der Waals surface area contributed by atoms with Crippen LogP contribution >= 0.6 is 0 Å². The molecule has 0 bridgehead atoms. The summed E-state index contributed by atoms with van der Waals surface area (Å²) in [7, 11) is 0. The highest BCUT2D eigenvalue weighted by atomic mass is 16.1. The van der Waals surface area contributed by atoms with E-state index in [1.807, 2.05) is 51.1 Å². The lowest BCUT2D eigenvalue weighted by Gasteiger charge is -2.17. The van der Waals surface area contributed by atoms with Gasteiger partial charge in [0.2, 0.25) is 5.91 Å². The van der Waals surface area contributed by atoms with Crippen LogP contribution in [0.4, 0.5) is 5.69 Å². The third-order valence-corrected chi connectivity index (χ3v) is 6.02. The molecule has 0 aromatic carbocycles. The van der Waals surface area contributed by atoms with Crippen LogP contribution in [0.1, 0.15) is 27.2 Å². The average molecular weight is 504 g/mol. The Morgan fingerprint density at radius 3 is 2.58 bits per heavy atom. The molecule has 188 valence electrons. The maximum absolute atomic E-state index is 12.4. The van der Waals surface area contributed by atoms with Crippen molar-refractivity contribution in [2.75, 3.05) is 5.32 Å². The minimum absolute atomic E-state index is 0.0489. The number of aromatic nitrogens is 8. The van der Waals surface area contributed by atoms with Crippen molar-refractivity contribution in [2.45, 2.75) is 27.2 Å². The first-order valence-electron chi connectivity index (χ1n) is 12.2. The van der Waals surface area contributed by atoms with Crippen LogP contribution in [0, 0.1) is 5.41 Å². The standard InChI is InChI=1S/C28H25N9O/c1-28(2,3)11-22(38)33-19-9-17(13-30-15-19)18-10-20-24(36-37-26(20)32-14-18)27-34-21-6-8-31-23(25(21)35-27)16-5-4-7-29-12-16/h4-10,12-15H,11H2,1-3H3,(H,33,38)(H,34,35)(H,32,36,37). The Kier molecular flexibility index (Phi) is 5.64. The maximum Gasteiger partial charge on any atom is 0.224 e. The van der Waals surface area contributed by atoms with Crippen LogP contribution in [0.15, 0.2) is 67.5 Å². The quantitative estimate of drug-likeness (QED) is 0.286. The fourth-order valence-electron chi connectivity index (χ4n) is 4.36. The zero-order valence-electron chi connectivity index (χ0n) is 21.1. The first kappa shape index (κ1) is 23.4. The molecular formula is C28H25N9O. The normalized spacial score (nSPS) is 11.8. The van der Waals surface area contributed by atoms with E-state index in [9.17, 15) is 4.79 Å². The second kappa shape index (κ2) is 9.15. The number of carbonyl (C=O) groups excluding carboxylic acids is 1. The number of pyridine rings is 4. The fraction of sp³-hybridized carbons (Fsp3) is 0.179. The fourth-order valence-corrected chi connectivity index (χ4v) is 4.36. The summed E-state index contributed by atoms with van der Waals surface area (Å²) in [5.74, 6) is 0.553. The molecule has 3 N–H and O–H groups in total. The van der Waals surface area contributed by atoms with Crippen molar-refractivity contribution in [3.8, 4) is 33.9 Å². The monoisotopic (exact) mass is 503 g/mol. The van der Waals surface area contributed by atoms with Crippen LogP contribution in [0.25, 0.3) is 56.0 Å². The number of rotatable bonds is 5. The molecule has 0 saturated heterocycles. The first-order valence-corrected chi connectivity index (χ1v) is 12.2. The predicted octanol–water partition coefficient (Wildman–Crippen LogP) is 5.39. The zero-order valence-corrected chi connectivity index (χ0v) is 21.1. The molecule has 6 aromatic rings. The van der Waals surface area contributed by atoms with E-state index in [4.69, 9.17) is 4.98 Å². The number of anilines is 1. The van der Waals surface area contributed by atoms with Gasteiger partial charge in [0, 0.05) is 54.1 Å². The molecule has 0 atom stereocenters. The lowest BCUT2D eigenvalue weighted by atomic mass is 9.92. The number of imidazole rings is 1. The third-order valence-electron chi connectivity index (χ3n) is 6.02. The van der Waals surface area contributed by atoms with Gasteiger partial charge in [-0.3, -0.25) is 24.8 Å². The number of carbonyl (C=O) groups is 1. The van der Waals surface area contributed by atoms with Crippen molar-refractivity contribution in [3.63, 3.8) is 0 Å². The van der Waals surface area contributed by atoms with Gasteiger partial charge in [0.25, 0.3) is 0 Å². The molecule has 10 nitrogen and oxygen atoms in total. The summed E-state index contributed by atoms with van der Waals surface area (Å²) in [4.78, 5) is 38.3. The summed E-state index contributed by atoms with van der Waals surface area (Å²) in [6.07, 6.45) is 10.8. The molecule has 6 rings (SSSR count). The van der Waals surface area contributed by atoms with Gasteiger partial charge in [0.05, 0.1) is 28.5 Å². The number of nitrogens with one attached hydrogen (secondary N) is 3. The highest BCUT2D eigenvalue weighted by Gasteiger charge is 2.18. The van der Waals surface area contributed by atoms with Crippen molar-refractivity contribution in [3.05, 3.63) is 67.5 Å². The molecule has 0 aliphatic heterocycles. The number of aromatic amines is 2. The van der Waals surface area contributed by atoms with Gasteiger partial charge in [-0.2, -0.15) is 5.10 Å². The van der Waals surface area contributed by atoms with Gasteiger partial charge in [-0.05, 0) is 35.7 Å². The van der Waals surface area contributed by atoms with Crippen LogP contribution in [0.2, 0.25) is 0 Å². The van der Waals surface area contributed by atoms with E-state index in [0.717, 1.165) is 38.8 Å². The van der Waals surface area contributed by atoms with E-state index in [2.05, 4.69) is 40.4 Å². The Morgan fingerprint density at radius 2 is 1.76 bits per heavy atom. The lowest BCUT2D eigenvalue weighted by molar-refractivity contribution is -0.117. The zero-order chi connectivity index (χ0) is 26.3. The van der Waals surface area contributed by atoms with Crippen LogP contribution in [0.5, 0.6) is 0 Å². The van der Waals surface area contributed by atoms with Crippen molar-refractivity contribution < 1.29 is 4.79 Å². The van der Waals surface area contributed by atoms with Crippen LogP contribution in [-0.4, -0.2) is 46.0 Å². The highest BCUT2D eigenvalue weighted by Crippen LogP contribution is 2.32. The highest BCUT2D eigenvalue weighted by molar-refractivity contribution is 5.96. The molecule has 0 aliphatic carbocycles. The number of hydrogen-bond donors (Lipinski definition) is 3. The Labute approximate surface area is 218 Å². The van der Waals surface area contributed by atoms with Crippen LogP contribution < -0.4 is 5.32 Å². The van der Waals surface area contributed by atoms with E-state index in [1.54, 1.807) is 37.2 Å². The van der Waals surface area contributed by atoms with Crippen molar-refractivity contribution >= 4 is 33.7 Å². The van der Waals surface area contributed by atoms with Gasteiger partial charge in [0.1, 0.15) is 11.2 Å². The Hall–Kier alpha value is -4.99. The summed E-state index contributed by atoms with van der Waals surface area (Å²) in [5, 5.41) is 11.2. The molecule has 0 unspecified atom stereocenters. The lowest BCUT2D eigenvalue weighted by Crippen LogP contribution is -2.19. The van der Waals surface area contributed by atoms with Gasteiger partial charge in [0.15, 0.2) is 11.5 Å². The second-order valence-corrected chi connectivity index (χ2v) is 10.3. The van der Waals surface area contributed by atoms with E-state index >= 15 is 0 Å². The molecule has 0 fully saturated rings. The second-order valence-electron chi connectivity index (χ2n) is 10.3. The van der Waals surface area contributed by atoms with Gasteiger partial charge >= 0.3 is 0 Å². The number of fused-ring (bicyclic) bond motifs is 2. The van der Waals surface area contributed by atoms with Crippen molar-refractivity contribution in [2.24, 2.45) is 5.41 Å². The minimum Gasteiger partial charge on any atom is -0.336 e. The third kappa shape index (κ3) is 4.59. The molecule has 6 heterocycles. The van der Waals surface area contributed by atoms with Crippen molar-refractivity contribution in [1.29, 1.82) is 0 Å². The summed E-state index contributed by atoms with van der Waals surface area (Å²) >= 11 is 0. The molecule has 10 heteroatoms. The number of amides is 1. The molecule has 0 saturated carbocycles. The van der Waals surface area contributed by atoms with Gasteiger partial charge in [-0.15, -0.1) is 0 Å². The molecular weight excluding hydrogens is 478 g/mol. The Morgan fingerprint density at radius 1 is 0.921 bits per heavy atom. The summed E-state index contributed by atoms with van der Waals surface area (Å²) < 4.78 is 0. The number of nitrogens with zero attached hydrogens (tertiary/aromatic N) is 6. The maximum atomic E-state index is 12.4. The topological polar surface area (TPSA) is 138 Å². The van der Waals surface area contributed by atoms with Gasteiger partial charge in [-0.25, -0.2) is 9.97 Å². The largest absolute Gasteiger partial charge is 0.336 e. The summed E-state index contributed by atoms with van der Waals surface area (Å²) in [6.45, 7) is 6.09. The Balaban J connectivity index is 1.36. The van der Waals surface area contributed by atoms with E-state index in [0.29, 0.717) is 29.3 Å². The molecule has 0 radical (unpaired) electrons. The van der Waals surface area contributed by atoms with Crippen molar-refractivity contribution in [1.82, 2.24) is 40.1 Å². The average Bonchev–Trinajstić information content (AvgIpc) is 3.51. The smallest absolute Gasteiger partial charge is 0.224 e. The first-order chi connectivity index (χ1) is 18.3. The number of hydrogen-bond acceptors (Lipinski definition) is 7. The molecule has 0 aliphatic rings. The van der Waals surface area contributed by atoms with E-state index in [1.165, 1.54) is 0 Å². The van der Waals surface area contributed by atoms with Gasteiger partial charge in [-0.1, -0.05) is 20.8 Å². The summed E-state index contributed by atoms with van der Waals surface area (Å²) in [5.41, 5.74) is 6.69. The van der Waals surface area contributed by atoms with Gasteiger partial charge < -0.3 is 10.3 Å². The van der Waals surface area contributed by atoms with E-state index < -0.39 is 0 Å². The van der Waals surface area contributed by atoms with Crippen LogP contribution in [0.3, 0.4) is 0 Å². The molecule has 1 amide bonds. The van der Waals surface area contributed by atoms with Crippen LogP contribution in [-0.2, 0) is 4.79 Å². The minimum atomic E-state index is -0.104. The SMILES string of the molecule is CC(C)(C)CC(=O)Nc1cncc(-c2cnc3[nH]nc(-c4nc5c(-c6cccnc6)nccc5[nH]4)c3c2)c1.